The molecule has 20 heavy (non-hydrogen) atoms. The van der Waals surface area contributed by atoms with E-state index in [1.54, 1.807) is 19.1 Å². The summed E-state index contributed by atoms with van der Waals surface area (Å²) in [4.78, 5) is 23.4. The summed E-state index contributed by atoms with van der Waals surface area (Å²) in [5.41, 5.74) is 0.767. The zero-order chi connectivity index (χ0) is 14.9. The predicted molar refractivity (Wildman–Crippen MR) is 78.2 cm³/mol. The topological polar surface area (TPSA) is 67.4 Å². The minimum Gasteiger partial charge on any atom is -0.466 e. The van der Waals surface area contributed by atoms with Crippen molar-refractivity contribution in [2.75, 3.05) is 7.11 Å². The average Bonchev–Trinajstić information content (AvgIpc) is 2.40. The molecular formula is C13H12FIN2O3. The zero-order valence-corrected chi connectivity index (χ0v) is 12.9. The Balaban J connectivity index is 2.56. The molecule has 7 heteroatoms. The fourth-order valence-electron chi connectivity index (χ4n) is 2.04. The molecule has 0 bridgehead atoms. The first-order chi connectivity index (χ1) is 9.43. The molecule has 1 heterocycles. The molecule has 2 rings (SSSR count). The number of urea groups is 1. The number of rotatable bonds is 2. The molecule has 1 aliphatic rings. The number of esters is 1. The van der Waals surface area contributed by atoms with E-state index in [-0.39, 0.29) is 11.1 Å². The average molecular weight is 390 g/mol. The molecule has 1 aromatic carbocycles. The van der Waals surface area contributed by atoms with E-state index in [1.807, 2.05) is 22.6 Å². The predicted octanol–water partition coefficient (Wildman–Crippen LogP) is 2.23. The summed E-state index contributed by atoms with van der Waals surface area (Å²) < 4.78 is 19.5. The Morgan fingerprint density at radius 3 is 2.80 bits per heavy atom. The zero-order valence-electron chi connectivity index (χ0n) is 10.8. The van der Waals surface area contributed by atoms with Gasteiger partial charge in [-0.15, -0.1) is 0 Å². The van der Waals surface area contributed by atoms with E-state index in [1.165, 1.54) is 13.2 Å². The Morgan fingerprint density at radius 1 is 1.45 bits per heavy atom. The van der Waals surface area contributed by atoms with E-state index in [2.05, 4.69) is 10.6 Å². The van der Waals surface area contributed by atoms with Gasteiger partial charge in [-0.2, -0.15) is 0 Å². The molecule has 0 saturated heterocycles. The number of benzene rings is 1. The van der Waals surface area contributed by atoms with Gasteiger partial charge in [0.2, 0.25) is 0 Å². The number of carbonyl (C=O) groups excluding carboxylic acids is 2. The number of amides is 2. The normalized spacial score (nSPS) is 18.4. The molecule has 0 saturated carbocycles. The van der Waals surface area contributed by atoms with Crippen molar-refractivity contribution in [3.8, 4) is 0 Å². The van der Waals surface area contributed by atoms with E-state index >= 15 is 0 Å². The molecule has 1 aliphatic heterocycles. The van der Waals surface area contributed by atoms with Crippen molar-refractivity contribution < 1.29 is 18.7 Å². The van der Waals surface area contributed by atoms with Crippen molar-refractivity contribution in [3.05, 3.63) is 44.4 Å². The molecule has 106 valence electrons. The molecule has 1 aromatic rings. The van der Waals surface area contributed by atoms with Crippen LogP contribution in [0.3, 0.4) is 0 Å². The van der Waals surface area contributed by atoms with Crippen molar-refractivity contribution in [2.24, 2.45) is 0 Å². The lowest BCUT2D eigenvalue weighted by atomic mass is 9.95. The number of methoxy groups -OCH3 is 1. The van der Waals surface area contributed by atoms with E-state index in [0.717, 1.165) is 3.57 Å². The van der Waals surface area contributed by atoms with Gasteiger partial charge in [0.15, 0.2) is 0 Å². The summed E-state index contributed by atoms with van der Waals surface area (Å²) in [7, 11) is 1.24. The van der Waals surface area contributed by atoms with Gasteiger partial charge in [0.1, 0.15) is 5.82 Å². The fraction of sp³-hybridized carbons (Fsp3) is 0.231. The van der Waals surface area contributed by atoms with Gasteiger partial charge in [0.25, 0.3) is 0 Å². The van der Waals surface area contributed by atoms with Gasteiger partial charge >= 0.3 is 12.0 Å². The minimum atomic E-state index is -0.870. The van der Waals surface area contributed by atoms with Gasteiger partial charge in [-0.05, 0) is 47.7 Å². The Morgan fingerprint density at radius 2 is 2.15 bits per heavy atom. The van der Waals surface area contributed by atoms with E-state index in [9.17, 15) is 14.0 Å². The number of halogens is 2. The highest BCUT2D eigenvalue weighted by Gasteiger charge is 2.33. The number of allylic oxidation sites excluding steroid dienone is 1. The second-order valence-corrected chi connectivity index (χ2v) is 5.47. The lowest BCUT2D eigenvalue weighted by Crippen LogP contribution is -2.45. The van der Waals surface area contributed by atoms with Crippen LogP contribution < -0.4 is 10.6 Å². The van der Waals surface area contributed by atoms with Crippen LogP contribution in [-0.4, -0.2) is 19.1 Å². The maximum absolute atomic E-state index is 14.0. The summed E-state index contributed by atoms with van der Waals surface area (Å²) in [6.45, 7) is 1.57. The Labute approximate surface area is 128 Å². The smallest absolute Gasteiger partial charge is 0.337 e. The number of hydrogen-bond donors (Lipinski definition) is 2. The third-order valence-corrected chi connectivity index (χ3v) is 3.61. The van der Waals surface area contributed by atoms with Gasteiger partial charge in [-0.1, -0.05) is 0 Å². The van der Waals surface area contributed by atoms with Crippen LogP contribution in [-0.2, 0) is 9.53 Å². The number of hydrogen-bond acceptors (Lipinski definition) is 3. The van der Waals surface area contributed by atoms with Crippen molar-refractivity contribution >= 4 is 34.6 Å². The van der Waals surface area contributed by atoms with Crippen LogP contribution in [0.4, 0.5) is 9.18 Å². The summed E-state index contributed by atoms with van der Waals surface area (Å²) in [5.74, 6) is -1.11. The number of ether oxygens (including phenoxy) is 1. The molecule has 5 nitrogen and oxygen atoms in total. The molecule has 2 N–H and O–H groups in total. The molecule has 0 radical (unpaired) electrons. The first-order valence-electron chi connectivity index (χ1n) is 5.75. The largest absolute Gasteiger partial charge is 0.466 e. The van der Waals surface area contributed by atoms with E-state index in [0.29, 0.717) is 5.70 Å². The quantitative estimate of drug-likeness (QED) is 0.602. The second-order valence-electron chi connectivity index (χ2n) is 4.23. The Bertz CT molecular complexity index is 616. The maximum atomic E-state index is 14.0. The summed E-state index contributed by atoms with van der Waals surface area (Å²) in [6, 6.07) is 3.14. The summed E-state index contributed by atoms with van der Waals surface area (Å²) in [6.07, 6.45) is 0. The Hall–Kier alpha value is -1.64. The van der Waals surface area contributed by atoms with Crippen LogP contribution >= 0.6 is 22.6 Å². The van der Waals surface area contributed by atoms with E-state index < -0.39 is 23.9 Å². The van der Waals surface area contributed by atoms with Gasteiger partial charge in [0.05, 0.1) is 18.7 Å². The van der Waals surface area contributed by atoms with E-state index in [4.69, 9.17) is 4.74 Å². The van der Waals surface area contributed by atoms with Crippen LogP contribution in [0.25, 0.3) is 0 Å². The van der Waals surface area contributed by atoms with Crippen LogP contribution in [0.5, 0.6) is 0 Å². The minimum absolute atomic E-state index is 0.188. The summed E-state index contributed by atoms with van der Waals surface area (Å²) in [5, 5.41) is 5.03. The fourth-order valence-corrected chi connectivity index (χ4v) is 2.56. The lowest BCUT2D eigenvalue weighted by Gasteiger charge is -2.28. The molecule has 0 aromatic heterocycles. The van der Waals surface area contributed by atoms with Gasteiger partial charge in [0, 0.05) is 14.8 Å². The molecule has 0 aliphatic carbocycles. The van der Waals surface area contributed by atoms with Gasteiger partial charge in [-0.25, -0.2) is 14.0 Å². The standard InChI is InChI=1S/C13H12FIN2O3/c1-6-10(12(18)20-2)11(17-13(19)16-6)8-5-7(15)3-4-9(8)14/h3-5,11H,1-2H3,(H2,16,17,19)/t11-/m1/s1. The SMILES string of the molecule is COC(=O)C1=C(C)NC(=O)N[C@@H]1c1cc(I)ccc1F. The number of carbonyl (C=O) groups is 2. The van der Waals surface area contributed by atoms with Crippen molar-refractivity contribution in [1.29, 1.82) is 0 Å². The molecule has 0 spiro atoms. The van der Waals surface area contributed by atoms with Gasteiger partial charge < -0.3 is 15.4 Å². The number of nitrogens with one attached hydrogen (secondary N) is 2. The maximum Gasteiger partial charge on any atom is 0.337 e. The van der Waals surface area contributed by atoms with Crippen molar-refractivity contribution in [2.45, 2.75) is 13.0 Å². The highest BCUT2D eigenvalue weighted by atomic mass is 127. The first-order valence-corrected chi connectivity index (χ1v) is 6.83. The molecule has 0 fully saturated rings. The van der Waals surface area contributed by atoms with Crippen LogP contribution in [0.1, 0.15) is 18.5 Å². The van der Waals surface area contributed by atoms with Crippen LogP contribution in [0, 0.1) is 9.39 Å². The highest BCUT2D eigenvalue weighted by molar-refractivity contribution is 14.1. The molecule has 1 atom stereocenters. The molecular weight excluding hydrogens is 378 g/mol. The first kappa shape index (κ1) is 14.8. The second kappa shape index (κ2) is 5.78. The third-order valence-electron chi connectivity index (χ3n) is 2.94. The monoisotopic (exact) mass is 390 g/mol. The lowest BCUT2D eigenvalue weighted by molar-refractivity contribution is -0.136. The summed E-state index contributed by atoms with van der Waals surface area (Å²) >= 11 is 2.04. The van der Waals surface area contributed by atoms with Crippen LogP contribution in [0.2, 0.25) is 0 Å². The third kappa shape index (κ3) is 2.77. The van der Waals surface area contributed by atoms with Crippen molar-refractivity contribution in [3.63, 3.8) is 0 Å². The Kier molecular flexibility index (Phi) is 4.26. The van der Waals surface area contributed by atoms with Crippen LogP contribution in [0.15, 0.2) is 29.5 Å². The molecule has 0 unspecified atom stereocenters. The highest BCUT2D eigenvalue weighted by Crippen LogP contribution is 2.30. The molecule has 2 amide bonds. The van der Waals surface area contributed by atoms with Gasteiger partial charge in [-0.3, -0.25) is 0 Å². The van der Waals surface area contributed by atoms with Crippen molar-refractivity contribution in [1.82, 2.24) is 10.6 Å².